The van der Waals surface area contributed by atoms with Gasteiger partial charge in [-0.3, -0.25) is 0 Å². The molecule has 0 aliphatic carbocycles. The molecule has 0 amide bonds. The summed E-state index contributed by atoms with van der Waals surface area (Å²) in [6, 6.07) is 14.6. The Morgan fingerprint density at radius 1 is 0.677 bits per heavy atom. The van der Waals surface area contributed by atoms with E-state index in [-0.39, 0.29) is 19.5 Å². The molecule has 156 valence electrons. The summed E-state index contributed by atoms with van der Waals surface area (Å²) in [5, 5.41) is 26.6. The normalized spacial score (nSPS) is 9.87. The Kier molecular flexibility index (Phi) is 9.39. The van der Waals surface area contributed by atoms with Crippen LogP contribution in [0, 0.1) is 18.3 Å². The minimum Gasteiger partial charge on any atom is -0.804 e. The van der Waals surface area contributed by atoms with Crippen LogP contribution in [0.5, 0.6) is 11.5 Å². The first-order valence-electron chi connectivity index (χ1n) is 8.49. The molecule has 6 nitrogen and oxygen atoms in total. The predicted octanol–water partition coefficient (Wildman–Crippen LogP) is 6.60. The maximum Gasteiger partial charge on any atom is 2.00 e. The SMILES string of the molecule is COc1ccc(-c2csc(=S)n2[O-])cc1.COc1ccc(-c2csc(=S)n2[O-])cc1.[Zn+2]. The molecule has 0 atom stereocenters. The molecule has 2 aromatic carbocycles. The van der Waals surface area contributed by atoms with E-state index in [0.717, 1.165) is 32.1 Å². The van der Waals surface area contributed by atoms with Crippen molar-refractivity contribution in [2.45, 2.75) is 0 Å². The second kappa shape index (κ2) is 11.5. The third-order valence-corrected chi connectivity index (χ3v) is 6.41. The van der Waals surface area contributed by atoms with Crippen LogP contribution in [-0.4, -0.2) is 23.7 Å². The van der Waals surface area contributed by atoms with Crippen molar-refractivity contribution >= 4 is 47.1 Å². The molecule has 0 fully saturated rings. The first-order valence-corrected chi connectivity index (χ1v) is 11.1. The molecule has 0 bridgehead atoms. The first kappa shape index (κ1) is 25.2. The van der Waals surface area contributed by atoms with Gasteiger partial charge in [-0.05, 0) is 84.1 Å². The fourth-order valence-electron chi connectivity index (χ4n) is 2.49. The fourth-order valence-corrected chi connectivity index (χ4v) is 4.26. The van der Waals surface area contributed by atoms with E-state index < -0.39 is 0 Å². The van der Waals surface area contributed by atoms with Gasteiger partial charge < -0.3 is 29.3 Å². The average Bonchev–Trinajstić information content (AvgIpc) is 3.30. The number of rotatable bonds is 4. The van der Waals surface area contributed by atoms with Crippen LogP contribution in [0.4, 0.5) is 0 Å². The molecule has 4 aromatic rings. The van der Waals surface area contributed by atoms with Crippen molar-refractivity contribution in [3.8, 4) is 34.0 Å². The zero-order chi connectivity index (χ0) is 21.7. The van der Waals surface area contributed by atoms with E-state index >= 15 is 0 Å². The van der Waals surface area contributed by atoms with E-state index in [1.165, 1.54) is 22.7 Å². The zero-order valence-electron chi connectivity index (χ0n) is 16.6. The molecule has 2 aromatic heterocycles. The third kappa shape index (κ3) is 6.02. The van der Waals surface area contributed by atoms with Crippen molar-refractivity contribution in [2.75, 3.05) is 14.2 Å². The van der Waals surface area contributed by atoms with E-state index in [2.05, 4.69) is 0 Å². The largest absolute Gasteiger partial charge is 2.00 e. The van der Waals surface area contributed by atoms with Crippen LogP contribution in [0.2, 0.25) is 0 Å². The summed E-state index contributed by atoms with van der Waals surface area (Å²) >= 11 is 12.3. The molecular weight excluding hydrogens is 526 g/mol. The molecule has 11 heteroatoms. The van der Waals surface area contributed by atoms with E-state index in [4.69, 9.17) is 33.9 Å². The van der Waals surface area contributed by atoms with Gasteiger partial charge in [0.2, 0.25) is 0 Å². The van der Waals surface area contributed by atoms with Gasteiger partial charge in [-0.2, -0.15) is 0 Å². The van der Waals surface area contributed by atoms with Crippen LogP contribution in [-0.2, 0) is 19.5 Å². The number of methoxy groups -OCH3 is 2. The first-order chi connectivity index (χ1) is 14.4. The van der Waals surface area contributed by atoms with Gasteiger partial charge in [0.15, 0.2) is 7.91 Å². The summed E-state index contributed by atoms with van der Waals surface area (Å²) in [4.78, 5) is 0. The van der Waals surface area contributed by atoms with Crippen molar-refractivity contribution in [3.63, 3.8) is 0 Å². The Morgan fingerprint density at radius 2 is 1.00 bits per heavy atom. The summed E-state index contributed by atoms with van der Waals surface area (Å²) in [5.41, 5.74) is 2.87. The number of hydrogen-bond acceptors (Lipinski definition) is 8. The number of aromatic nitrogens is 2. The van der Waals surface area contributed by atoms with E-state index in [1.54, 1.807) is 25.0 Å². The Bertz CT molecular complexity index is 1130. The van der Waals surface area contributed by atoms with Crippen LogP contribution in [0.3, 0.4) is 0 Å². The standard InChI is InChI=1S/2C10H8NO2S2.Zn/c2*1-13-8-4-2-7(3-5-8)9-6-15-10(14)11(9)12;/h2*2-6H,1H3;/q2*-1;+2. The maximum atomic E-state index is 11.5. The van der Waals surface area contributed by atoms with Crippen molar-refractivity contribution in [1.29, 1.82) is 0 Å². The summed E-state index contributed by atoms with van der Waals surface area (Å²) in [6.45, 7) is 0. The molecule has 0 radical (unpaired) electrons. The van der Waals surface area contributed by atoms with Crippen molar-refractivity contribution in [1.82, 2.24) is 9.46 Å². The minimum absolute atomic E-state index is 0. The predicted molar refractivity (Wildman–Crippen MR) is 128 cm³/mol. The minimum atomic E-state index is 0. The molecule has 31 heavy (non-hydrogen) atoms. The molecule has 0 aliphatic heterocycles. The second-order valence-electron chi connectivity index (χ2n) is 5.82. The van der Waals surface area contributed by atoms with Crippen molar-refractivity contribution < 1.29 is 29.0 Å². The second-order valence-corrected chi connectivity index (χ2v) is 8.83. The molecule has 0 saturated heterocycles. The number of thiazole rings is 2. The average molecular weight is 542 g/mol. The fraction of sp³-hybridized carbons (Fsp3) is 0.100. The summed E-state index contributed by atoms with van der Waals surface area (Å²) in [7, 11) is 3.21. The van der Waals surface area contributed by atoms with Crippen LogP contribution < -0.4 is 9.47 Å². The van der Waals surface area contributed by atoms with E-state index in [9.17, 15) is 10.4 Å². The van der Waals surface area contributed by atoms with Gasteiger partial charge in [-0.15, -0.1) is 22.7 Å². The summed E-state index contributed by atoms with van der Waals surface area (Å²) in [6.07, 6.45) is 0. The van der Waals surface area contributed by atoms with Gasteiger partial charge in [-0.25, -0.2) is 0 Å². The molecule has 0 unspecified atom stereocenters. The monoisotopic (exact) mass is 540 g/mol. The Hall–Kier alpha value is -2.04. The Balaban J connectivity index is 0.000000213. The quantitative estimate of drug-likeness (QED) is 0.214. The van der Waals surface area contributed by atoms with Gasteiger partial charge in [0.25, 0.3) is 0 Å². The van der Waals surface area contributed by atoms with Gasteiger partial charge in [0.1, 0.15) is 11.5 Å². The van der Waals surface area contributed by atoms with Crippen LogP contribution in [0.15, 0.2) is 59.3 Å². The van der Waals surface area contributed by atoms with Crippen LogP contribution >= 0.6 is 47.1 Å². The van der Waals surface area contributed by atoms with E-state index in [1.807, 2.05) is 48.5 Å². The number of benzene rings is 2. The number of ether oxygens (including phenoxy) is 2. The molecule has 2 heterocycles. The Morgan fingerprint density at radius 3 is 1.23 bits per heavy atom. The van der Waals surface area contributed by atoms with Crippen LogP contribution in [0.25, 0.3) is 22.5 Å². The van der Waals surface area contributed by atoms with Crippen molar-refractivity contribution in [3.05, 3.63) is 77.6 Å². The summed E-state index contributed by atoms with van der Waals surface area (Å²) < 4.78 is 12.3. The molecule has 0 spiro atoms. The topological polar surface area (TPSA) is 74.4 Å². The van der Waals surface area contributed by atoms with E-state index in [0.29, 0.717) is 19.3 Å². The van der Waals surface area contributed by atoms with Crippen molar-refractivity contribution in [2.24, 2.45) is 0 Å². The molecular formula is C20H16N2O4S4Zn. The smallest absolute Gasteiger partial charge is 0.804 e. The van der Waals surface area contributed by atoms with Crippen LogP contribution in [0.1, 0.15) is 0 Å². The zero-order valence-corrected chi connectivity index (χ0v) is 22.9. The summed E-state index contributed by atoms with van der Waals surface area (Å²) in [5.74, 6) is 1.54. The molecule has 0 saturated carbocycles. The Labute approximate surface area is 210 Å². The van der Waals surface area contributed by atoms with Gasteiger partial charge in [-0.1, -0.05) is 0 Å². The van der Waals surface area contributed by atoms with Gasteiger partial charge >= 0.3 is 19.5 Å². The van der Waals surface area contributed by atoms with Gasteiger partial charge in [0.05, 0.1) is 25.6 Å². The van der Waals surface area contributed by atoms with Gasteiger partial charge in [0, 0.05) is 10.8 Å². The molecule has 4 rings (SSSR count). The number of nitrogens with zero attached hydrogens (tertiary/aromatic N) is 2. The number of hydrogen-bond donors (Lipinski definition) is 0. The maximum absolute atomic E-state index is 11.5. The molecule has 0 aliphatic rings. The third-order valence-electron chi connectivity index (χ3n) is 4.08. The molecule has 0 N–H and O–H groups in total.